The van der Waals surface area contributed by atoms with E-state index in [1.54, 1.807) is 23.5 Å². The second-order valence-corrected chi connectivity index (χ2v) is 5.75. The number of thiophene rings is 1. The van der Waals surface area contributed by atoms with Gasteiger partial charge in [0.2, 0.25) is 0 Å². The lowest BCUT2D eigenvalue weighted by molar-refractivity contribution is -0.130. The number of nitrogens with zero attached hydrogens (tertiary/aromatic N) is 2. The minimum absolute atomic E-state index is 0.147. The van der Waals surface area contributed by atoms with Crippen LogP contribution >= 0.6 is 22.9 Å². The molecule has 0 unspecified atom stereocenters. The van der Waals surface area contributed by atoms with Crippen LogP contribution in [-0.4, -0.2) is 22.5 Å². The number of alkyl halides is 1. The van der Waals surface area contributed by atoms with Gasteiger partial charge < -0.3 is 0 Å². The lowest BCUT2D eigenvalue weighted by Gasteiger charge is -2.21. The summed E-state index contributed by atoms with van der Waals surface area (Å²) in [5.74, 6) is -0.752. The molecule has 6 heteroatoms. The molecule has 1 aromatic carbocycles. The van der Waals surface area contributed by atoms with Gasteiger partial charge in [-0.25, -0.2) is 9.40 Å². The van der Waals surface area contributed by atoms with E-state index in [4.69, 9.17) is 11.6 Å². The molecule has 1 amide bonds. The first-order valence-corrected chi connectivity index (χ1v) is 7.90. The molecule has 0 bridgehead atoms. The number of amides is 1. The summed E-state index contributed by atoms with van der Waals surface area (Å²) in [5, 5.41) is 9.70. The highest BCUT2D eigenvalue weighted by molar-refractivity contribution is 7.08. The van der Waals surface area contributed by atoms with Crippen LogP contribution in [0, 0.1) is 5.82 Å². The summed E-state index contributed by atoms with van der Waals surface area (Å²) in [6.45, 7) is 0. The van der Waals surface area contributed by atoms with Gasteiger partial charge >= 0.3 is 0 Å². The van der Waals surface area contributed by atoms with Crippen molar-refractivity contribution in [2.45, 2.75) is 12.5 Å². The molecule has 21 heavy (non-hydrogen) atoms. The van der Waals surface area contributed by atoms with E-state index in [1.807, 2.05) is 16.8 Å². The Hall–Kier alpha value is -1.72. The van der Waals surface area contributed by atoms with E-state index in [1.165, 1.54) is 17.1 Å². The van der Waals surface area contributed by atoms with E-state index in [0.717, 1.165) is 16.8 Å². The van der Waals surface area contributed by atoms with Gasteiger partial charge in [-0.1, -0.05) is 12.1 Å². The Labute approximate surface area is 130 Å². The third-order valence-electron chi connectivity index (χ3n) is 3.37. The molecule has 2 aromatic rings. The Bertz CT molecular complexity index is 687. The predicted molar refractivity (Wildman–Crippen MR) is 82.2 cm³/mol. The second kappa shape index (κ2) is 5.95. The summed E-state index contributed by atoms with van der Waals surface area (Å²) >= 11 is 7.23. The molecule has 1 aliphatic heterocycles. The van der Waals surface area contributed by atoms with Crippen LogP contribution in [0.1, 0.15) is 23.6 Å². The highest BCUT2D eigenvalue weighted by Gasteiger charge is 2.32. The SMILES string of the molecule is O=C(CCl)N1N=C(c2ccsc2)C[C@H]1c1cccc(F)c1. The summed E-state index contributed by atoms with van der Waals surface area (Å²) in [4.78, 5) is 12.0. The fourth-order valence-electron chi connectivity index (χ4n) is 2.38. The van der Waals surface area contributed by atoms with Crippen LogP contribution in [0.25, 0.3) is 0 Å². The van der Waals surface area contributed by atoms with Crippen LogP contribution in [0.5, 0.6) is 0 Å². The molecule has 2 heterocycles. The molecule has 0 fully saturated rings. The molecule has 0 aliphatic carbocycles. The van der Waals surface area contributed by atoms with Crippen molar-refractivity contribution in [3.05, 3.63) is 58.0 Å². The summed E-state index contributed by atoms with van der Waals surface area (Å²) in [5.41, 5.74) is 2.54. The van der Waals surface area contributed by atoms with E-state index < -0.39 is 0 Å². The zero-order valence-corrected chi connectivity index (χ0v) is 12.6. The maximum Gasteiger partial charge on any atom is 0.258 e. The summed E-state index contributed by atoms with van der Waals surface area (Å²) < 4.78 is 13.4. The van der Waals surface area contributed by atoms with Gasteiger partial charge in [-0.15, -0.1) is 11.6 Å². The van der Waals surface area contributed by atoms with Gasteiger partial charge in [-0.3, -0.25) is 4.79 Å². The number of hydrogen-bond donors (Lipinski definition) is 0. The first kappa shape index (κ1) is 14.2. The summed E-state index contributed by atoms with van der Waals surface area (Å²) in [6.07, 6.45) is 0.558. The number of carbonyl (C=O) groups is 1. The van der Waals surface area contributed by atoms with Crippen molar-refractivity contribution < 1.29 is 9.18 Å². The third kappa shape index (κ3) is 2.84. The standard InChI is InChI=1S/C15H12ClFN2OS/c16-8-15(20)19-14(10-2-1-3-12(17)6-10)7-13(18-19)11-4-5-21-9-11/h1-6,9,14H,7-8H2/t14-/m0/s1. The van der Waals surface area contributed by atoms with Crippen LogP contribution < -0.4 is 0 Å². The monoisotopic (exact) mass is 322 g/mol. The van der Waals surface area contributed by atoms with Gasteiger partial charge in [0.15, 0.2) is 0 Å². The van der Waals surface area contributed by atoms with Crippen LogP contribution in [0.3, 0.4) is 0 Å². The minimum Gasteiger partial charge on any atom is -0.272 e. The lowest BCUT2D eigenvalue weighted by atomic mass is 9.99. The molecule has 3 rings (SSSR count). The van der Waals surface area contributed by atoms with E-state index in [-0.39, 0.29) is 23.6 Å². The van der Waals surface area contributed by atoms with Crippen molar-refractivity contribution in [3.63, 3.8) is 0 Å². The molecular formula is C15H12ClFN2OS. The van der Waals surface area contributed by atoms with Crippen molar-refractivity contribution in [3.8, 4) is 0 Å². The van der Waals surface area contributed by atoms with Crippen molar-refractivity contribution in [1.82, 2.24) is 5.01 Å². The fraction of sp³-hybridized carbons (Fsp3) is 0.200. The first-order chi connectivity index (χ1) is 10.2. The lowest BCUT2D eigenvalue weighted by Crippen LogP contribution is -2.28. The summed E-state index contributed by atoms with van der Waals surface area (Å²) in [7, 11) is 0. The van der Waals surface area contributed by atoms with Crippen LogP contribution in [0.15, 0.2) is 46.2 Å². The number of hydrazone groups is 1. The quantitative estimate of drug-likeness (QED) is 0.791. The van der Waals surface area contributed by atoms with Crippen molar-refractivity contribution in [2.24, 2.45) is 5.10 Å². The maximum atomic E-state index is 13.4. The largest absolute Gasteiger partial charge is 0.272 e. The van der Waals surface area contributed by atoms with Crippen LogP contribution in [0.4, 0.5) is 4.39 Å². The number of benzene rings is 1. The molecule has 0 N–H and O–H groups in total. The van der Waals surface area contributed by atoms with Crippen molar-refractivity contribution in [1.29, 1.82) is 0 Å². The van der Waals surface area contributed by atoms with Gasteiger partial charge in [0.05, 0.1) is 11.8 Å². The van der Waals surface area contributed by atoms with Crippen molar-refractivity contribution in [2.75, 3.05) is 5.88 Å². The fourth-order valence-corrected chi connectivity index (χ4v) is 3.17. The minimum atomic E-state index is -0.324. The molecule has 108 valence electrons. The molecule has 1 aromatic heterocycles. The molecule has 3 nitrogen and oxygen atoms in total. The molecule has 1 aliphatic rings. The Balaban J connectivity index is 1.95. The van der Waals surface area contributed by atoms with Crippen LogP contribution in [-0.2, 0) is 4.79 Å². The topological polar surface area (TPSA) is 32.7 Å². The highest BCUT2D eigenvalue weighted by atomic mass is 35.5. The van der Waals surface area contributed by atoms with Crippen molar-refractivity contribution >= 4 is 34.6 Å². The van der Waals surface area contributed by atoms with E-state index in [9.17, 15) is 9.18 Å². The Kier molecular flexibility index (Phi) is 4.03. The normalized spacial score (nSPS) is 17.9. The van der Waals surface area contributed by atoms with Gasteiger partial charge in [-0.2, -0.15) is 16.4 Å². The van der Waals surface area contributed by atoms with Crippen LogP contribution in [0.2, 0.25) is 0 Å². The number of halogens is 2. The Morgan fingerprint density at radius 1 is 1.48 bits per heavy atom. The van der Waals surface area contributed by atoms with Gasteiger partial charge in [0, 0.05) is 12.0 Å². The predicted octanol–water partition coefficient (Wildman–Crippen LogP) is 3.80. The van der Waals surface area contributed by atoms with E-state index in [2.05, 4.69) is 5.10 Å². The van der Waals surface area contributed by atoms with Gasteiger partial charge in [0.25, 0.3) is 5.91 Å². The average Bonchev–Trinajstić information content (AvgIpc) is 3.15. The Morgan fingerprint density at radius 3 is 3.00 bits per heavy atom. The van der Waals surface area contributed by atoms with E-state index in [0.29, 0.717) is 6.42 Å². The highest BCUT2D eigenvalue weighted by Crippen LogP contribution is 2.33. The molecule has 0 spiro atoms. The maximum absolute atomic E-state index is 13.4. The number of rotatable bonds is 3. The molecular weight excluding hydrogens is 311 g/mol. The average molecular weight is 323 g/mol. The van der Waals surface area contributed by atoms with Gasteiger partial charge in [-0.05, 0) is 34.5 Å². The molecule has 0 radical (unpaired) electrons. The molecule has 0 saturated carbocycles. The van der Waals surface area contributed by atoms with Gasteiger partial charge in [0.1, 0.15) is 11.7 Å². The zero-order chi connectivity index (χ0) is 14.8. The number of carbonyl (C=O) groups excluding carboxylic acids is 1. The second-order valence-electron chi connectivity index (χ2n) is 4.71. The first-order valence-electron chi connectivity index (χ1n) is 6.42. The molecule has 0 saturated heterocycles. The zero-order valence-electron chi connectivity index (χ0n) is 11.0. The smallest absolute Gasteiger partial charge is 0.258 e. The summed E-state index contributed by atoms with van der Waals surface area (Å²) in [6, 6.07) is 7.91. The Morgan fingerprint density at radius 2 is 2.33 bits per heavy atom. The van der Waals surface area contributed by atoms with E-state index >= 15 is 0 Å². The third-order valence-corrected chi connectivity index (χ3v) is 4.28. The number of hydrogen-bond acceptors (Lipinski definition) is 3. The molecule has 1 atom stereocenters.